The van der Waals surface area contributed by atoms with Crippen molar-refractivity contribution in [2.45, 2.75) is 19.4 Å². The van der Waals surface area contributed by atoms with Crippen molar-refractivity contribution in [1.29, 1.82) is 0 Å². The van der Waals surface area contributed by atoms with E-state index in [4.69, 9.17) is 5.73 Å². The lowest BCUT2D eigenvalue weighted by atomic mass is 9.97. The van der Waals surface area contributed by atoms with Crippen LogP contribution in [-0.4, -0.2) is 40.3 Å². The van der Waals surface area contributed by atoms with Crippen LogP contribution in [0.5, 0.6) is 0 Å². The van der Waals surface area contributed by atoms with Gasteiger partial charge in [0.25, 0.3) is 5.91 Å². The number of hydrogen-bond donors (Lipinski definition) is 2. The van der Waals surface area contributed by atoms with Crippen molar-refractivity contribution in [3.63, 3.8) is 0 Å². The first kappa shape index (κ1) is 12.3. The molecular weight excluding hydrogens is 232 g/mol. The van der Waals surface area contributed by atoms with E-state index in [1.54, 1.807) is 19.9 Å². The number of rotatable bonds is 1. The Morgan fingerprint density at radius 1 is 1.56 bits per heavy atom. The van der Waals surface area contributed by atoms with Crippen molar-refractivity contribution in [1.82, 2.24) is 15.2 Å². The maximum atomic E-state index is 12.4. The van der Waals surface area contributed by atoms with Gasteiger partial charge in [0.15, 0.2) is 0 Å². The van der Waals surface area contributed by atoms with E-state index in [-0.39, 0.29) is 11.8 Å². The molecule has 2 amide bonds. The SMILES string of the molecule is CC1(C)C(=O)NCCN1C(=O)c1ccncc1N. The number of carbonyl (C=O) groups excluding carboxylic acids is 2. The smallest absolute Gasteiger partial charge is 0.257 e. The Balaban J connectivity index is 2.34. The summed E-state index contributed by atoms with van der Waals surface area (Å²) in [5.74, 6) is -0.399. The molecule has 0 aromatic carbocycles. The summed E-state index contributed by atoms with van der Waals surface area (Å²) in [5, 5.41) is 2.75. The fourth-order valence-corrected chi connectivity index (χ4v) is 2.00. The molecule has 2 rings (SSSR count). The minimum Gasteiger partial charge on any atom is -0.397 e. The van der Waals surface area contributed by atoms with Crippen LogP contribution in [0.25, 0.3) is 0 Å². The van der Waals surface area contributed by atoms with Crippen molar-refractivity contribution >= 4 is 17.5 Å². The number of anilines is 1. The van der Waals surface area contributed by atoms with Gasteiger partial charge < -0.3 is 16.0 Å². The number of piperazine rings is 1. The Morgan fingerprint density at radius 2 is 2.28 bits per heavy atom. The molecule has 0 atom stereocenters. The van der Waals surface area contributed by atoms with Crippen molar-refractivity contribution in [3.05, 3.63) is 24.0 Å². The lowest BCUT2D eigenvalue weighted by molar-refractivity contribution is -0.133. The van der Waals surface area contributed by atoms with Crippen LogP contribution in [-0.2, 0) is 4.79 Å². The van der Waals surface area contributed by atoms with E-state index in [2.05, 4.69) is 10.3 Å². The zero-order chi connectivity index (χ0) is 13.3. The molecule has 0 aliphatic carbocycles. The Kier molecular flexibility index (Phi) is 2.94. The molecule has 1 aliphatic heterocycles. The maximum absolute atomic E-state index is 12.4. The number of pyridine rings is 1. The summed E-state index contributed by atoms with van der Waals surface area (Å²) in [7, 11) is 0. The quantitative estimate of drug-likeness (QED) is 0.733. The van der Waals surface area contributed by atoms with Crippen LogP contribution in [0, 0.1) is 0 Å². The van der Waals surface area contributed by atoms with Gasteiger partial charge in [-0.05, 0) is 19.9 Å². The molecule has 0 saturated carbocycles. The summed E-state index contributed by atoms with van der Waals surface area (Å²) in [6.07, 6.45) is 2.95. The average Bonchev–Trinajstić information content (AvgIpc) is 2.32. The van der Waals surface area contributed by atoms with Gasteiger partial charge in [0.2, 0.25) is 5.91 Å². The van der Waals surface area contributed by atoms with Gasteiger partial charge in [0.05, 0.1) is 17.4 Å². The highest BCUT2D eigenvalue weighted by atomic mass is 16.2. The Morgan fingerprint density at radius 3 is 2.94 bits per heavy atom. The number of nitrogens with zero attached hydrogens (tertiary/aromatic N) is 2. The molecular formula is C12H16N4O2. The van der Waals surface area contributed by atoms with Crippen LogP contribution >= 0.6 is 0 Å². The normalized spacial score (nSPS) is 18.3. The Labute approximate surface area is 105 Å². The van der Waals surface area contributed by atoms with Crippen molar-refractivity contribution in [2.75, 3.05) is 18.8 Å². The lowest BCUT2D eigenvalue weighted by Gasteiger charge is -2.41. The van der Waals surface area contributed by atoms with Crippen LogP contribution in [0.2, 0.25) is 0 Å². The molecule has 6 heteroatoms. The summed E-state index contributed by atoms with van der Waals surface area (Å²) in [6.45, 7) is 4.37. The number of nitrogens with two attached hydrogens (primary N) is 1. The van der Waals surface area contributed by atoms with Crippen LogP contribution in [0.3, 0.4) is 0 Å². The number of hydrogen-bond acceptors (Lipinski definition) is 4. The predicted octanol–water partition coefficient (Wildman–Crippen LogP) is 0.0144. The molecule has 3 N–H and O–H groups in total. The molecule has 0 unspecified atom stereocenters. The highest BCUT2D eigenvalue weighted by Gasteiger charge is 2.40. The molecule has 6 nitrogen and oxygen atoms in total. The highest BCUT2D eigenvalue weighted by molar-refractivity contribution is 6.02. The average molecular weight is 248 g/mol. The van der Waals surface area contributed by atoms with E-state index >= 15 is 0 Å². The number of carbonyl (C=O) groups is 2. The predicted molar refractivity (Wildman–Crippen MR) is 66.8 cm³/mol. The summed E-state index contributed by atoms with van der Waals surface area (Å²) in [6, 6.07) is 1.57. The van der Waals surface area contributed by atoms with Crippen molar-refractivity contribution < 1.29 is 9.59 Å². The molecule has 1 aliphatic rings. The van der Waals surface area contributed by atoms with E-state index in [1.807, 2.05) is 0 Å². The summed E-state index contributed by atoms with van der Waals surface area (Å²) >= 11 is 0. The Hall–Kier alpha value is -2.11. The summed E-state index contributed by atoms with van der Waals surface area (Å²) in [4.78, 5) is 29.6. The second kappa shape index (κ2) is 4.29. The van der Waals surface area contributed by atoms with Gasteiger partial charge in [0.1, 0.15) is 5.54 Å². The molecule has 1 fully saturated rings. The number of nitrogens with one attached hydrogen (secondary N) is 1. The third-order valence-electron chi connectivity index (χ3n) is 3.18. The molecule has 18 heavy (non-hydrogen) atoms. The van der Waals surface area contributed by atoms with Gasteiger partial charge >= 0.3 is 0 Å². The van der Waals surface area contributed by atoms with Gasteiger partial charge in [-0.1, -0.05) is 0 Å². The topological polar surface area (TPSA) is 88.3 Å². The zero-order valence-corrected chi connectivity index (χ0v) is 10.4. The Bertz CT molecular complexity index is 499. The van der Waals surface area contributed by atoms with E-state index < -0.39 is 5.54 Å². The number of amides is 2. The second-order valence-electron chi connectivity index (χ2n) is 4.73. The largest absolute Gasteiger partial charge is 0.397 e. The molecule has 2 heterocycles. The van der Waals surface area contributed by atoms with Gasteiger partial charge in [-0.3, -0.25) is 14.6 Å². The zero-order valence-electron chi connectivity index (χ0n) is 10.4. The highest BCUT2D eigenvalue weighted by Crippen LogP contribution is 2.22. The molecule has 1 aromatic rings. The molecule has 0 spiro atoms. The van der Waals surface area contributed by atoms with Gasteiger partial charge in [-0.25, -0.2) is 0 Å². The van der Waals surface area contributed by atoms with E-state index in [9.17, 15) is 9.59 Å². The van der Waals surface area contributed by atoms with Gasteiger partial charge in [-0.2, -0.15) is 0 Å². The van der Waals surface area contributed by atoms with Crippen LogP contribution in [0.4, 0.5) is 5.69 Å². The fraction of sp³-hybridized carbons (Fsp3) is 0.417. The third kappa shape index (κ3) is 1.90. The standard InChI is InChI=1S/C12H16N4O2/c1-12(2)11(18)15-5-6-16(12)10(17)8-3-4-14-7-9(8)13/h3-4,7H,5-6,13H2,1-2H3,(H,15,18). The van der Waals surface area contributed by atoms with Crippen molar-refractivity contribution in [3.8, 4) is 0 Å². The van der Waals surface area contributed by atoms with Gasteiger partial charge in [-0.15, -0.1) is 0 Å². The van der Waals surface area contributed by atoms with Crippen LogP contribution < -0.4 is 11.1 Å². The first-order valence-corrected chi connectivity index (χ1v) is 5.74. The maximum Gasteiger partial charge on any atom is 0.257 e. The summed E-state index contributed by atoms with van der Waals surface area (Å²) < 4.78 is 0. The summed E-state index contributed by atoms with van der Waals surface area (Å²) in [5.41, 5.74) is 5.58. The molecule has 96 valence electrons. The van der Waals surface area contributed by atoms with E-state index in [1.165, 1.54) is 17.3 Å². The molecule has 1 saturated heterocycles. The van der Waals surface area contributed by atoms with E-state index in [0.29, 0.717) is 24.3 Å². The third-order valence-corrected chi connectivity index (χ3v) is 3.18. The lowest BCUT2D eigenvalue weighted by Crippen LogP contribution is -2.63. The van der Waals surface area contributed by atoms with Crippen LogP contribution in [0.1, 0.15) is 24.2 Å². The van der Waals surface area contributed by atoms with E-state index in [0.717, 1.165) is 0 Å². The fourth-order valence-electron chi connectivity index (χ4n) is 2.00. The molecule has 1 aromatic heterocycles. The minimum absolute atomic E-state index is 0.158. The first-order valence-electron chi connectivity index (χ1n) is 5.74. The number of aromatic nitrogens is 1. The van der Waals surface area contributed by atoms with Gasteiger partial charge in [0, 0.05) is 19.3 Å². The molecule has 0 bridgehead atoms. The minimum atomic E-state index is -0.870. The number of nitrogen functional groups attached to an aromatic ring is 1. The van der Waals surface area contributed by atoms with Crippen LogP contribution in [0.15, 0.2) is 18.5 Å². The molecule has 0 radical (unpaired) electrons. The van der Waals surface area contributed by atoms with Crippen molar-refractivity contribution in [2.24, 2.45) is 0 Å². The second-order valence-corrected chi connectivity index (χ2v) is 4.73. The first-order chi connectivity index (χ1) is 8.44. The monoisotopic (exact) mass is 248 g/mol.